The molecule has 3 nitrogen and oxygen atoms in total. The van der Waals surface area contributed by atoms with E-state index >= 15 is 0 Å². The van der Waals surface area contributed by atoms with Gasteiger partial charge in [-0.2, -0.15) is 0 Å². The Morgan fingerprint density at radius 3 is 2.45 bits per heavy atom. The molecule has 5 heteroatoms. The number of carbonyl (C=O) groups excluding carboxylic acids is 1. The van der Waals surface area contributed by atoms with E-state index in [0.717, 1.165) is 5.56 Å². The van der Waals surface area contributed by atoms with E-state index in [1.54, 1.807) is 54.4 Å². The molecule has 0 radical (unpaired) electrons. The fourth-order valence-corrected chi connectivity index (χ4v) is 2.16. The van der Waals surface area contributed by atoms with Crippen LogP contribution in [0.4, 0.5) is 5.69 Å². The van der Waals surface area contributed by atoms with Gasteiger partial charge in [0.1, 0.15) is 0 Å². The molecule has 0 saturated carbocycles. The molecule has 0 fully saturated rings. The first-order valence-corrected chi connectivity index (χ1v) is 6.78. The molecular weight excluding hydrogens is 295 g/mol. The van der Waals surface area contributed by atoms with Gasteiger partial charge in [-0.3, -0.25) is 4.79 Å². The van der Waals surface area contributed by atoms with Gasteiger partial charge in [-0.15, -0.1) is 0 Å². The van der Waals surface area contributed by atoms with Crippen molar-refractivity contribution in [3.8, 4) is 0 Å². The number of benzene rings is 2. The number of nitrogens with two attached hydrogens (primary N) is 1. The topological polar surface area (TPSA) is 46.3 Å². The first-order chi connectivity index (χ1) is 9.47. The molecule has 1 amide bonds. The SMILES string of the molecule is CN(Cc1cc(N)ccc1Cl)C(=O)c1ccc(Cl)cc1. The molecule has 0 aliphatic heterocycles. The molecule has 0 aliphatic rings. The van der Waals surface area contributed by atoms with Crippen molar-refractivity contribution >= 4 is 34.8 Å². The predicted molar refractivity (Wildman–Crippen MR) is 83.1 cm³/mol. The van der Waals surface area contributed by atoms with Crippen molar-refractivity contribution in [2.75, 3.05) is 12.8 Å². The Kier molecular flexibility index (Phi) is 4.53. The van der Waals surface area contributed by atoms with Crippen LogP contribution in [0.5, 0.6) is 0 Å². The second kappa shape index (κ2) is 6.16. The number of carbonyl (C=O) groups is 1. The van der Waals surface area contributed by atoms with E-state index in [2.05, 4.69) is 0 Å². The lowest BCUT2D eigenvalue weighted by Crippen LogP contribution is -2.26. The average Bonchev–Trinajstić information content (AvgIpc) is 2.43. The number of hydrogen-bond donors (Lipinski definition) is 1. The molecule has 2 rings (SSSR count). The number of rotatable bonds is 3. The number of halogens is 2. The van der Waals surface area contributed by atoms with Gasteiger partial charge < -0.3 is 10.6 Å². The lowest BCUT2D eigenvalue weighted by atomic mass is 10.1. The monoisotopic (exact) mass is 308 g/mol. The molecule has 104 valence electrons. The van der Waals surface area contributed by atoms with Crippen molar-refractivity contribution in [3.05, 3.63) is 63.6 Å². The van der Waals surface area contributed by atoms with Gasteiger partial charge in [0, 0.05) is 34.9 Å². The molecule has 20 heavy (non-hydrogen) atoms. The summed E-state index contributed by atoms with van der Waals surface area (Å²) >= 11 is 11.9. The molecular formula is C15H14Cl2N2O. The summed E-state index contributed by atoms with van der Waals surface area (Å²) in [6.07, 6.45) is 0. The highest BCUT2D eigenvalue weighted by Crippen LogP contribution is 2.21. The lowest BCUT2D eigenvalue weighted by Gasteiger charge is -2.18. The average molecular weight is 309 g/mol. The molecule has 0 aromatic heterocycles. The van der Waals surface area contributed by atoms with Gasteiger partial charge in [0.05, 0.1) is 0 Å². The summed E-state index contributed by atoms with van der Waals surface area (Å²) in [5.41, 5.74) is 7.75. The molecule has 2 aromatic rings. The summed E-state index contributed by atoms with van der Waals surface area (Å²) in [4.78, 5) is 13.9. The standard InChI is InChI=1S/C15H14Cl2N2O/c1-19(9-11-8-13(18)6-7-14(11)17)15(20)10-2-4-12(16)5-3-10/h2-8H,9,18H2,1H3. The zero-order chi connectivity index (χ0) is 14.7. The zero-order valence-corrected chi connectivity index (χ0v) is 12.4. The Bertz CT molecular complexity index is 626. The van der Waals surface area contributed by atoms with Crippen molar-refractivity contribution in [3.63, 3.8) is 0 Å². The van der Waals surface area contributed by atoms with Crippen LogP contribution in [0, 0.1) is 0 Å². The third-order valence-electron chi connectivity index (χ3n) is 2.92. The summed E-state index contributed by atoms with van der Waals surface area (Å²) in [7, 11) is 1.72. The van der Waals surface area contributed by atoms with Gasteiger partial charge >= 0.3 is 0 Å². The molecule has 0 atom stereocenters. The van der Waals surface area contributed by atoms with Crippen LogP contribution in [0.2, 0.25) is 10.0 Å². The van der Waals surface area contributed by atoms with Crippen molar-refractivity contribution in [2.24, 2.45) is 0 Å². The third-order valence-corrected chi connectivity index (χ3v) is 3.54. The smallest absolute Gasteiger partial charge is 0.253 e. The van der Waals surface area contributed by atoms with Crippen molar-refractivity contribution in [1.29, 1.82) is 0 Å². The van der Waals surface area contributed by atoms with Crippen LogP contribution in [-0.2, 0) is 6.54 Å². The number of hydrogen-bond acceptors (Lipinski definition) is 2. The number of amides is 1. The summed E-state index contributed by atoms with van der Waals surface area (Å²) in [5, 5.41) is 1.19. The van der Waals surface area contributed by atoms with Gasteiger partial charge in [0.2, 0.25) is 0 Å². The van der Waals surface area contributed by atoms with Gasteiger partial charge in [-0.1, -0.05) is 23.2 Å². The summed E-state index contributed by atoms with van der Waals surface area (Å²) in [6.45, 7) is 0.394. The minimum atomic E-state index is -0.0971. The van der Waals surface area contributed by atoms with Crippen LogP contribution in [0.15, 0.2) is 42.5 Å². The van der Waals surface area contributed by atoms with E-state index in [0.29, 0.717) is 27.8 Å². The van der Waals surface area contributed by atoms with Gasteiger partial charge in [-0.25, -0.2) is 0 Å². The quantitative estimate of drug-likeness (QED) is 0.875. The van der Waals surface area contributed by atoms with E-state index in [1.165, 1.54) is 0 Å². The summed E-state index contributed by atoms with van der Waals surface area (Å²) < 4.78 is 0. The Morgan fingerprint density at radius 2 is 1.80 bits per heavy atom. The maximum Gasteiger partial charge on any atom is 0.253 e. The Morgan fingerprint density at radius 1 is 1.15 bits per heavy atom. The predicted octanol–water partition coefficient (Wildman–Crippen LogP) is 3.85. The molecule has 2 aromatic carbocycles. The highest BCUT2D eigenvalue weighted by atomic mass is 35.5. The van der Waals surface area contributed by atoms with Crippen LogP contribution in [-0.4, -0.2) is 17.9 Å². The first kappa shape index (κ1) is 14.7. The Hall–Kier alpha value is -1.71. The highest BCUT2D eigenvalue weighted by molar-refractivity contribution is 6.31. The summed E-state index contributed by atoms with van der Waals surface area (Å²) in [6, 6.07) is 12.0. The van der Waals surface area contributed by atoms with Crippen LogP contribution in [0.25, 0.3) is 0 Å². The maximum absolute atomic E-state index is 12.3. The van der Waals surface area contributed by atoms with E-state index in [9.17, 15) is 4.79 Å². The number of nitrogens with zero attached hydrogens (tertiary/aromatic N) is 1. The highest BCUT2D eigenvalue weighted by Gasteiger charge is 2.13. The third kappa shape index (κ3) is 3.44. The fourth-order valence-electron chi connectivity index (χ4n) is 1.86. The number of anilines is 1. The lowest BCUT2D eigenvalue weighted by molar-refractivity contribution is 0.0785. The van der Waals surface area contributed by atoms with Crippen molar-refractivity contribution in [2.45, 2.75) is 6.54 Å². The Balaban J connectivity index is 2.15. The van der Waals surface area contributed by atoms with Gasteiger partial charge in [0.15, 0.2) is 0 Å². The second-order valence-electron chi connectivity index (χ2n) is 4.52. The van der Waals surface area contributed by atoms with Crippen molar-refractivity contribution < 1.29 is 4.79 Å². The molecule has 0 unspecified atom stereocenters. The first-order valence-electron chi connectivity index (χ1n) is 6.02. The second-order valence-corrected chi connectivity index (χ2v) is 5.36. The number of nitrogen functional groups attached to an aromatic ring is 1. The fraction of sp³-hybridized carbons (Fsp3) is 0.133. The van der Waals surface area contributed by atoms with Crippen LogP contribution < -0.4 is 5.73 Å². The van der Waals surface area contributed by atoms with E-state index < -0.39 is 0 Å². The zero-order valence-electron chi connectivity index (χ0n) is 10.9. The molecule has 2 N–H and O–H groups in total. The normalized spacial score (nSPS) is 10.3. The minimum Gasteiger partial charge on any atom is -0.399 e. The van der Waals surface area contributed by atoms with E-state index in [4.69, 9.17) is 28.9 Å². The van der Waals surface area contributed by atoms with Crippen molar-refractivity contribution in [1.82, 2.24) is 4.90 Å². The van der Waals surface area contributed by atoms with Crippen LogP contribution in [0.1, 0.15) is 15.9 Å². The Labute approximate surface area is 127 Å². The van der Waals surface area contributed by atoms with E-state index in [1.807, 2.05) is 0 Å². The van der Waals surface area contributed by atoms with E-state index in [-0.39, 0.29) is 5.91 Å². The molecule has 0 heterocycles. The van der Waals surface area contributed by atoms with Gasteiger partial charge in [0.25, 0.3) is 5.91 Å². The summed E-state index contributed by atoms with van der Waals surface area (Å²) in [5.74, 6) is -0.0971. The van der Waals surface area contributed by atoms with Crippen LogP contribution in [0.3, 0.4) is 0 Å². The molecule has 0 saturated heterocycles. The largest absolute Gasteiger partial charge is 0.399 e. The minimum absolute atomic E-state index is 0.0971. The van der Waals surface area contributed by atoms with Crippen LogP contribution >= 0.6 is 23.2 Å². The maximum atomic E-state index is 12.3. The molecule has 0 aliphatic carbocycles. The van der Waals surface area contributed by atoms with Gasteiger partial charge in [-0.05, 0) is 48.0 Å². The molecule has 0 spiro atoms. The molecule has 0 bridgehead atoms.